The van der Waals surface area contributed by atoms with Crippen molar-refractivity contribution < 1.29 is 4.79 Å². The molecule has 1 aliphatic rings. The molecule has 1 aromatic heterocycles. The van der Waals surface area contributed by atoms with Gasteiger partial charge in [0.25, 0.3) is 0 Å². The van der Waals surface area contributed by atoms with E-state index in [1.807, 2.05) is 11.0 Å². The number of piperidine rings is 1. The molecular formula is C19H26N4OS2. The zero-order chi connectivity index (χ0) is 18.7. The average molecular weight is 391 g/mol. The fourth-order valence-electron chi connectivity index (χ4n) is 3.55. The SMILES string of the molecule is Cc1cccc(C)c1Nc1nnc(SCC(=O)N2[C@H](C)CCC[C@@H]2C)s1. The third kappa shape index (κ3) is 4.38. The van der Waals surface area contributed by atoms with E-state index < -0.39 is 0 Å². The molecule has 1 amide bonds. The van der Waals surface area contributed by atoms with Gasteiger partial charge >= 0.3 is 0 Å². The van der Waals surface area contributed by atoms with Gasteiger partial charge in [-0.2, -0.15) is 0 Å². The highest BCUT2D eigenvalue weighted by molar-refractivity contribution is 8.01. The van der Waals surface area contributed by atoms with E-state index in [1.165, 1.54) is 40.6 Å². The first-order valence-corrected chi connectivity index (χ1v) is 10.9. The van der Waals surface area contributed by atoms with Crippen molar-refractivity contribution >= 4 is 39.8 Å². The average Bonchev–Trinajstić information content (AvgIpc) is 3.04. The van der Waals surface area contributed by atoms with Gasteiger partial charge in [-0.05, 0) is 58.1 Å². The number of para-hydroxylation sites is 1. The lowest BCUT2D eigenvalue weighted by Gasteiger charge is -2.39. The molecule has 3 rings (SSSR count). The lowest BCUT2D eigenvalue weighted by atomic mass is 9.98. The van der Waals surface area contributed by atoms with Crippen LogP contribution in [-0.4, -0.2) is 38.8 Å². The van der Waals surface area contributed by atoms with Gasteiger partial charge in [0.05, 0.1) is 5.75 Å². The molecule has 0 radical (unpaired) electrons. The number of carbonyl (C=O) groups excluding carboxylic acids is 1. The van der Waals surface area contributed by atoms with Crippen LogP contribution >= 0.6 is 23.1 Å². The predicted molar refractivity (Wildman–Crippen MR) is 109 cm³/mol. The zero-order valence-corrected chi connectivity index (χ0v) is 17.4. The molecule has 26 heavy (non-hydrogen) atoms. The van der Waals surface area contributed by atoms with Crippen LogP contribution in [0.15, 0.2) is 22.5 Å². The van der Waals surface area contributed by atoms with Crippen LogP contribution in [0.4, 0.5) is 10.8 Å². The summed E-state index contributed by atoms with van der Waals surface area (Å²) in [6.45, 7) is 8.45. The van der Waals surface area contributed by atoms with Gasteiger partial charge in [-0.25, -0.2) is 0 Å². The first-order chi connectivity index (χ1) is 12.5. The highest BCUT2D eigenvalue weighted by Crippen LogP contribution is 2.31. The lowest BCUT2D eigenvalue weighted by molar-refractivity contribution is -0.134. The Kier molecular flexibility index (Phi) is 6.19. The van der Waals surface area contributed by atoms with E-state index in [2.05, 4.69) is 55.3 Å². The van der Waals surface area contributed by atoms with Gasteiger partial charge in [0, 0.05) is 17.8 Å². The number of hydrogen-bond acceptors (Lipinski definition) is 6. The number of carbonyl (C=O) groups is 1. The first-order valence-electron chi connectivity index (χ1n) is 9.06. The molecule has 140 valence electrons. The minimum atomic E-state index is 0.203. The number of thioether (sulfide) groups is 1. The van der Waals surface area contributed by atoms with Crippen molar-refractivity contribution in [1.82, 2.24) is 15.1 Å². The molecule has 1 fully saturated rings. The van der Waals surface area contributed by atoms with Gasteiger partial charge in [-0.15, -0.1) is 10.2 Å². The molecule has 1 aliphatic heterocycles. The third-order valence-electron chi connectivity index (χ3n) is 4.92. The molecular weight excluding hydrogens is 364 g/mol. The maximum atomic E-state index is 12.6. The van der Waals surface area contributed by atoms with Gasteiger partial charge in [0.2, 0.25) is 11.0 Å². The molecule has 1 aromatic carbocycles. The van der Waals surface area contributed by atoms with Gasteiger partial charge in [0.1, 0.15) is 0 Å². The molecule has 7 heteroatoms. The number of likely N-dealkylation sites (tertiary alicyclic amines) is 1. The second-order valence-electron chi connectivity index (χ2n) is 6.98. The van der Waals surface area contributed by atoms with E-state index in [1.54, 1.807) is 0 Å². The number of anilines is 2. The minimum absolute atomic E-state index is 0.203. The van der Waals surface area contributed by atoms with Crippen molar-refractivity contribution in [2.75, 3.05) is 11.1 Å². The van der Waals surface area contributed by atoms with E-state index in [9.17, 15) is 4.79 Å². The third-order valence-corrected chi connectivity index (χ3v) is 6.88. The zero-order valence-electron chi connectivity index (χ0n) is 15.8. The molecule has 0 bridgehead atoms. The maximum absolute atomic E-state index is 12.6. The second-order valence-corrected chi connectivity index (χ2v) is 9.18. The summed E-state index contributed by atoms with van der Waals surface area (Å²) in [5.74, 6) is 0.626. The van der Waals surface area contributed by atoms with Crippen LogP contribution in [0.3, 0.4) is 0 Å². The summed E-state index contributed by atoms with van der Waals surface area (Å²) in [6, 6.07) is 6.87. The Bertz CT molecular complexity index is 746. The first kappa shape index (κ1) is 19.2. The largest absolute Gasteiger partial charge is 0.337 e. The number of nitrogens with one attached hydrogen (secondary N) is 1. The predicted octanol–water partition coefficient (Wildman–Crippen LogP) is 4.78. The Morgan fingerprint density at radius 1 is 1.23 bits per heavy atom. The smallest absolute Gasteiger partial charge is 0.233 e. The molecule has 1 N–H and O–H groups in total. The number of amides is 1. The van der Waals surface area contributed by atoms with Crippen molar-refractivity contribution in [3.63, 3.8) is 0 Å². The number of hydrogen-bond donors (Lipinski definition) is 1. The van der Waals surface area contributed by atoms with Crippen LogP contribution in [0.25, 0.3) is 0 Å². The van der Waals surface area contributed by atoms with Crippen LogP contribution in [-0.2, 0) is 4.79 Å². The Morgan fingerprint density at radius 3 is 2.54 bits per heavy atom. The summed E-state index contributed by atoms with van der Waals surface area (Å²) < 4.78 is 0.824. The quantitative estimate of drug-likeness (QED) is 0.745. The number of aromatic nitrogens is 2. The van der Waals surface area contributed by atoms with E-state index in [-0.39, 0.29) is 5.91 Å². The number of nitrogens with zero attached hydrogens (tertiary/aromatic N) is 3. The van der Waals surface area contributed by atoms with E-state index in [0.717, 1.165) is 28.0 Å². The van der Waals surface area contributed by atoms with Crippen LogP contribution in [0.1, 0.15) is 44.2 Å². The van der Waals surface area contributed by atoms with Crippen LogP contribution in [0.2, 0.25) is 0 Å². The van der Waals surface area contributed by atoms with Crippen molar-refractivity contribution in [3.05, 3.63) is 29.3 Å². The van der Waals surface area contributed by atoms with Crippen molar-refractivity contribution in [2.24, 2.45) is 0 Å². The lowest BCUT2D eigenvalue weighted by Crippen LogP contribution is -2.48. The normalized spacial score (nSPS) is 20.2. The molecule has 0 aliphatic carbocycles. The molecule has 2 atom stereocenters. The Balaban J connectivity index is 1.59. The van der Waals surface area contributed by atoms with Crippen molar-refractivity contribution in [3.8, 4) is 0 Å². The van der Waals surface area contributed by atoms with Gasteiger partial charge in [-0.1, -0.05) is 41.3 Å². The van der Waals surface area contributed by atoms with Crippen LogP contribution in [0, 0.1) is 13.8 Å². The van der Waals surface area contributed by atoms with E-state index >= 15 is 0 Å². The summed E-state index contributed by atoms with van der Waals surface area (Å²) in [6.07, 6.45) is 3.41. The summed E-state index contributed by atoms with van der Waals surface area (Å²) in [4.78, 5) is 14.7. The molecule has 2 heterocycles. The summed E-state index contributed by atoms with van der Waals surface area (Å²) in [5.41, 5.74) is 3.43. The highest BCUT2D eigenvalue weighted by atomic mass is 32.2. The molecule has 0 saturated carbocycles. The van der Waals surface area contributed by atoms with Crippen molar-refractivity contribution in [2.45, 2.75) is 63.4 Å². The standard InChI is InChI=1S/C19H26N4OS2/c1-12-7-5-8-13(2)17(12)20-18-21-22-19(26-18)25-11-16(24)23-14(3)9-6-10-15(23)4/h5,7-8,14-15H,6,9-11H2,1-4H3,(H,20,21)/t14-,15+. The van der Waals surface area contributed by atoms with Gasteiger partial charge < -0.3 is 10.2 Å². The second kappa shape index (κ2) is 8.39. The maximum Gasteiger partial charge on any atom is 0.233 e. The Hall–Kier alpha value is -1.60. The Labute approximate surface area is 163 Å². The topological polar surface area (TPSA) is 58.1 Å². The summed E-state index contributed by atoms with van der Waals surface area (Å²) in [7, 11) is 0. The summed E-state index contributed by atoms with van der Waals surface area (Å²) >= 11 is 2.97. The monoisotopic (exact) mass is 390 g/mol. The minimum Gasteiger partial charge on any atom is -0.337 e. The molecule has 0 spiro atoms. The van der Waals surface area contributed by atoms with Crippen molar-refractivity contribution in [1.29, 1.82) is 0 Å². The molecule has 0 unspecified atom stereocenters. The number of benzene rings is 1. The highest BCUT2D eigenvalue weighted by Gasteiger charge is 2.28. The molecule has 2 aromatic rings. The van der Waals surface area contributed by atoms with E-state index in [0.29, 0.717) is 17.8 Å². The fraction of sp³-hybridized carbons (Fsp3) is 0.526. The van der Waals surface area contributed by atoms with Crippen LogP contribution in [0.5, 0.6) is 0 Å². The molecule has 5 nitrogen and oxygen atoms in total. The fourth-order valence-corrected chi connectivity index (χ4v) is 5.17. The van der Waals surface area contributed by atoms with Gasteiger partial charge in [-0.3, -0.25) is 4.79 Å². The Morgan fingerprint density at radius 2 is 1.88 bits per heavy atom. The van der Waals surface area contributed by atoms with Gasteiger partial charge in [0.15, 0.2) is 4.34 Å². The number of rotatable bonds is 5. The molecule has 1 saturated heterocycles. The van der Waals surface area contributed by atoms with E-state index in [4.69, 9.17) is 0 Å². The number of aryl methyl sites for hydroxylation is 2. The summed E-state index contributed by atoms with van der Waals surface area (Å²) in [5, 5.41) is 12.6. The van der Waals surface area contributed by atoms with Crippen LogP contribution < -0.4 is 5.32 Å².